The second kappa shape index (κ2) is 54.0. The quantitative estimate of drug-likeness (QED) is 0.0262. The first-order chi connectivity index (χ1) is 32.0. The Morgan fingerprint density at radius 2 is 0.554 bits per heavy atom. The summed E-state index contributed by atoms with van der Waals surface area (Å²) in [6.07, 6.45) is 65.2. The van der Waals surface area contributed by atoms with Crippen molar-refractivity contribution in [1.82, 2.24) is 0 Å². The summed E-state index contributed by atoms with van der Waals surface area (Å²) >= 11 is 0. The molecule has 0 radical (unpaired) electrons. The van der Waals surface area contributed by atoms with Gasteiger partial charge < -0.3 is 14.2 Å². The number of unbranched alkanes of at least 4 members (excludes halogenated alkanes) is 32. The van der Waals surface area contributed by atoms with Crippen LogP contribution in [0.2, 0.25) is 0 Å². The van der Waals surface area contributed by atoms with E-state index in [1.54, 1.807) is 0 Å². The number of ether oxygens (including phenoxy) is 3. The maximum Gasteiger partial charge on any atom is 0.306 e. The van der Waals surface area contributed by atoms with Gasteiger partial charge in [-0.2, -0.15) is 0 Å². The third kappa shape index (κ3) is 52.2. The highest BCUT2D eigenvalue weighted by Gasteiger charge is 2.19. The highest BCUT2D eigenvalue weighted by molar-refractivity contribution is 5.71. The molecule has 65 heavy (non-hydrogen) atoms. The van der Waals surface area contributed by atoms with Crippen LogP contribution < -0.4 is 0 Å². The second-order valence-corrected chi connectivity index (χ2v) is 18.8. The lowest BCUT2D eigenvalue weighted by molar-refractivity contribution is -0.167. The molecule has 0 aromatic heterocycles. The van der Waals surface area contributed by atoms with Crippen molar-refractivity contribution in [2.24, 2.45) is 0 Å². The average molecular weight is 911 g/mol. The molecule has 0 aliphatic rings. The largest absolute Gasteiger partial charge is 0.462 e. The van der Waals surface area contributed by atoms with E-state index >= 15 is 0 Å². The fraction of sp³-hybridized carbons (Fsp3) is 0.814. The molecule has 0 amide bonds. The lowest BCUT2D eigenvalue weighted by Gasteiger charge is -2.18. The van der Waals surface area contributed by atoms with E-state index in [9.17, 15) is 14.4 Å². The Morgan fingerprint density at radius 1 is 0.308 bits per heavy atom. The third-order valence-electron chi connectivity index (χ3n) is 12.3. The highest BCUT2D eigenvalue weighted by atomic mass is 16.6. The molecule has 1 atom stereocenters. The molecule has 0 unspecified atom stereocenters. The van der Waals surface area contributed by atoms with E-state index in [1.165, 1.54) is 180 Å². The fourth-order valence-electron chi connectivity index (χ4n) is 7.99. The van der Waals surface area contributed by atoms with Crippen molar-refractivity contribution in [2.75, 3.05) is 13.2 Å². The van der Waals surface area contributed by atoms with Crippen molar-refractivity contribution in [3.8, 4) is 0 Å². The van der Waals surface area contributed by atoms with Crippen LogP contribution in [0, 0.1) is 0 Å². The van der Waals surface area contributed by atoms with E-state index in [1.807, 2.05) is 0 Å². The first-order valence-electron chi connectivity index (χ1n) is 28.1. The molecule has 0 saturated heterocycles. The standard InChI is InChI=1S/C59H106O6/c1-4-7-10-13-16-19-22-25-28-29-32-34-37-40-43-46-49-52-58(61)64-55-56(65-59(62)53-50-47-44-41-38-35-31-27-24-21-18-15-12-9-6-3)54-63-57(60)51-48-45-42-39-36-33-30-26-23-20-17-14-11-8-5-2/h16,19-21,23-25,28,56H,4-15,17-18,22,26-27,29-55H2,1-3H3/b19-16+,23-20+,24-21+,28-25+/t56-/m1/s1. The van der Waals surface area contributed by atoms with E-state index in [2.05, 4.69) is 69.4 Å². The summed E-state index contributed by atoms with van der Waals surface area (Å²) in [6.45, 7) is 6.60. The third-order valence-corrected chi connectivity index (χ3v) is 12.3. The average Bonchev–Trinajstić information content (AvgIpc) is 3.30. The summed E-state index contributed by atoms with van der Waals surface area (Å²) in [6, 6.07) is 0. The maximum absolute atomic E-state index is 12.8. The number of carbonyl (C=O) groups is 3. The van der Waals surface area contributed by atoms with Crippen LogP contribution in [0.15, 0.2) is 48.6 Å². The first-order valence-corrected chi connectivity index (χ1v) is 28.1. The molecule has 6 heteroatoms. The summed E-state index contributed by atoms with van der Waals surface area (Å²) < 4.78 is 16.9. The van der Waals surface area contributed by atoms with Gasteiger partial charge in [-0.05, 0) is 103 Å². The van der Waals surface area contributed by atoms with Gasteiger partial charge in [0.15, 0.2) is 6.10 Å². The molecule has 0 aromatic carbocycles. The van der Waals surface area contributed by atoms with Crippen LogP contribution in [0.1, 0.15) is 290 Å². The Kier molecular flexibility index (Phi) is 51.8. The summed E-state index contributed by atoms with van der Waals surface area (Å²) in [7, 11) is 0. The van der Waals surface area contributed by atoms with Gasteiger partial charge in [-0.1, -0.05) is 217 Å². The maximum atomic E-state index is 12.8. The monoisotopic (exact) mass is 911 g/mol. The molecule has 378 valence electrons. The molecule has 0 heterocycles. The van der Waals surface area contributed by atoms with Crippen molar-refractivity contribution < 1.29 is 28.6 Å². The van der Waals surface area contributed by atoms with Crippen LogP contribution in [0.25, 0.3) is 0 Å². The summed E-state index contributed by atoms with van der Waals surface area (Å²) in [4.78, 5) is 38.1. The molecular weight excluding hydrogens is 805 g/mol. The van der Waals surface area contributed by atoms with Crippen molar-refractivity contribution in [2.45, 2.75) is 297 Å². The van der Waals surface area contributed by atoms with Gasteiger partial charge in [0, 0.05) is 19.3 Å². The zero-order valence-corrected chi connectivity index (χ0v) is 43.3. The summed E-state index contributed by atoms with van der Waals surface area (Å²) in [5.74, 6) is -0.884. The first kappa shape index (κ1) is 62.4. The molecule has 0 fully saturated rings. The van der Waals surface area contributed by atoms with Gasteiger partial charge >= 0.3 is 17.9 Å². The number of hydrogen-bond donors (Lipinski definition) is 0. The van der Waals surface area contributed by atoms with Crippen molar-refractivity contribution >= 4 is 17.9 Å². The molecule has 0 saturated carbocycles. The number of rotatable bonds is 51. The fourth-order valence-corrected chi connectivity index (χ4v) is 7.99. The lowest BCUT2D eigenvalue weighted by atomic mass is 10.1. The van der Waals surface area contributed by atoms with Crippen molar-refractivity contribution in [1.29, 1.82) is 0 Å². The molecule has 0 bridgehead atoms. The van der Waals surface area contributed by atoms with Crippen LogP contribution >= 0.6 is 0 Å². The zero-order chi connectivity index (χ0) is 47.2. The number of esters is 3. The van der Waals surface area contributed by atoms with Crippen molar-refractivity contribution in [3.05, 3.63) is 48.6 Å². The summed E-state index contributed by atoms with van der Waals surface area (Å²) in [5.41, 5.74) is 0. The Hall–Kier alpha value is -2.63. The van der Waals surface area contributed by atoms with Crippen LogP contribution in [0.3, 0.4) is 0 Å². The molecule has 0 spiro atoms. The molecule has 0 rings (SSSR count). The Morgan fingerprint density at radius 3 is 0.892 bits per heavy atom. The van der Waals surface area contributed by atoms with Gasteiger partial charge in [0.1, 0.15) is 13.2 Å². The predicted octanol–water partition coefficient (Wildman–Crippen LogP) is 18.7. The summed E-state index contributed by atoms with van der Waals surface area (Å²) in [5, 5.41) is 0. The van der Waals surface area contributed by atoms with E-state index in [0.29, 0.717) is 19.3 Å². The minimum atomic E-state index is -0.779. The van der Waals surface area contributed by atoms with Crippen LogP contribution in [0.4, 0.5) is 0 Å². The van der Waals surface area contributed by atoms with E-state index in [0.717, 1.165) is 70.6 Å². The highest BCUT2D eigenvalue weighted by Crippen LogP contribution is 2.15. The van der Waals surface area contributed by atoms with Crippen LogP contribution in [-0.4, -0.2) is 37.2 Å². The molecule has 0 N–H and O–H groups in total. The number of allylic oxidation sites excluding steroid dienone is 8. The Labute approximate surface area is 403 Å². The van der Waals surface area contributed by atoms with Gasteiger partial charge in [-0.25, -0.2) is 0 Å². The zero-order valence-electron chi connectivity index (χ0n) is 43.3. The van der Waals surface area contributed by atoms with Gasteiger partial charge in [-0.3, -0.25) is 14.4 Å². The normalized spacial score (nSPS) is 12.4. The lowest BCUT2D eigenvalue weighted by Crippen LogP contribution is -2.30. The number of carbonyl (C=O) groups excluding carboxylic acids is 3. The molecule has 0 aliphatic heterocycles. The number of hydrogen-bond acceptors (Lipinski definition) is 6. The molecular formula is C59H106O6. The predicted molar refractivity (Wildman–Crippen MR) is 279 cm³/mol. The minimum Gasteiger partial charge on any atom is -0.462 e. The van der Waals surface area contributed by atoms with Gasteiger partial charge in [-0.15, -0.1) is 0 Å². The van der Waals surface area contributed by atoms with Gasteiger partial charge in [0.25, 0.3) is 0 Å². The smallest absolute Gasteiger partial charge is 0.306 e. The topological polar surface area (TPSA) is 78.9 Å². The molecule has 6 nitrogen and oxygen atoms in total. The Balaban J connectivity index is 4.38. The van der Waals surface area contributed by atoms with Crippen LogP contribution in [0.5, 0.6) is 0 Å². The Bertz CT molecular complexity index is 1140. The van der Waals surface area contributed by atoms with E-state index in [-0.39, 0.29) is 31.1 Å². The van der Waals surface area contributed by atoms with Crippen molar-refractivity contribution in [3.63, 3.8) is 0 Å². The van der Waals surface area contributed by atoms with Gasteiger partial charge in [0.2, 0.25) is 0 Å². The van der Waals surface area contributed by atoms with Crippen LogP contribution in [-0.2, 0) is 28.6 Å². The van der Waals surface area contributed by atoms with E-state index < -0.39 is 6.10 Å². The minimum absolute atomic E-state index is 0.0783. The second-order valence-electron chi connectivity index (χ2n) is 18.8. The molecule has 0 aromatic rings. The van der Waals surface area contributed by atoms with E-state index in [4.69, 9.17) is 14.2 Å². The SMILES string of the molecule is CCCCC/C=C/C/C=C/CCCCCCCCCC(=O)OC[C@@H](COC(=O)CCCCCCCCC/C=C/CCCCCC)OC(=O)CCCCCCCCC/C=C/CCCCCC. The molecule has 0 aliphatic carbocycles. The van der Waals surface area contributed by atoms with Gasteiger partial charge in [0.05, 0.1) is 0 Å².